The molecule has 1 heterocycles. The minimum Gasteiger partial charge on any atom is -0.491 e. The molecule has 0 aliphatic carbocycles. The molecule has 3 rings (SSSR count). The van der Waals surface area contributed by atoms with Gasteiger partial charge in [0.15, 0.2) is 0 Å². The topological polar surface area (TPSA) is 64.4 Å². The quantitative estimate of drug-likeness (QED) is 0.824. The summed E-state index contributed by atoms with van der Waals surface area (Å²) >= 11 is 0. The zero-order valence-corrected chi connectivity index (χ0v) is 10.6. The zero-order valence-electron chi connectivity index (χ0n) is 10.6. The van der Waals surface area contributed by atoms with Gasteiger partial charge in [-0.3, -0.25) is 4.79 Å². The summed E-state index contributed by atoms with van der Waals surface area (Å²) in [6.07, 6.45) is 0. The van der Waals surface area contributed by atoms with E-state index in [1.807, 2.05) is 24.3 Å². The molecule has 0 saturated heterocycles. The Kier molecular flexibility index (Phi) is 3.02. The molecule has 0 fully saturated rings. The fourth-order valence-corrected chi connectivity index (χ4v) is 2.24. The molecule has 0 saturated carbocycles. The molecule has 0 radical (unpaired) electrons. The summed E-state index contributed by atoms with van der Waals surface area (Å²) in [6.45, 7) is 0.361. The van der Waals surface area contributed by atoms with Gasteiger partial charge in [-0.15, -0.1) is 0 Å². The van der Waals surface area contributed by atoms with E-state index >= 15 is 0 Å². The molecule has 1 aliphatic rings. The van der Waals surface area contributed by atoms with E-state index in [0.717, 1.165) is 17.4 Å². The van der Waals surface area contributed by atoms with Crippen LogP contribution in [-0.4, -0.2) is 12.5 Å². The lowest BCUT2D eigenvalue weighted by molar-refractivity contribution is 0.0931. The minimum absolute atomic E-state index is 0.134. The molecule has 0 aromatic heterocycles. The van der Waals surface area contributed by atoms with Gasteiger partial charge in [0.2, 0.25) is 0 Å². The number of ether oxygens (including phenoxy) is 1. The number of hydrogen-bond donors (Lipinski definition) is 2. The van der Waals surface area contributed by atoms with Gasteiger partial charge in [-0.25, -0.2) is 4.39 Å². The molecule has 1 atom stereocenters. The van der Waals surface area contributed by atoms with Gasteiger partial charge in [-0.1, -0.05) is 18.2 Å². The van der Waals surface area contributed by atoms with Crippen LogP contribution in [-0.2, 0) is 0 Å². The number of carbonyl (C=O) groups is 1. The van der Waals surface area contributed by atoms with Gasteiger partial charge in [0, 0.05) is 11.3 Å². The maximum Gasteiger partial charge on any atom is 0.254 e. The maximum absolute atomic E-state index is 13.2. The van der Waals surface area contributed by atoms with Crippen molar-refractivity contribution in [3.63, 3.8) is 0 Å². The molecule has 2 aromatic carbocycles. The lowest BCUT2D eigenvalue weighted by atomic mass is 10.1. The Morgan fingerprint density at radius 2 is 2.10 bits per heavy atom. The van der Waals surface area contributed by atoms with Crippen LogP contribution in [0.15, 0.2) is 42.5 Å². The maximum atomic E-state index is 13.2. The van der Waals surface area contributed by atoms with Crippen molar-refractivity contribution in [2.45, 2.75) is 6.04 Å². The van der Waals surface area contributed by atoms with Crippen molar-refractivity contribution in [3.05, 3.63) is 59.4 Å². The van der Waals surface area contributed by atoms with Crippen LogP contribution in [0.3, 0.4) is 0 Å². The van der Waals surface area contributed by atoms with Crippen molar-refractivity contribution in [1.82, 2.24) is 5.32 Å². The first kappa shape index (κ1) is 12.5. The molecule has 20 heavy (non-hydrogen) atoms. The molecule has 1 amide bonds. The molecule has 102 valence electrons. The minimum atomic E-state index is -0.493. The molecule has 1 unspecified atom stereocenters. The number of amides is 1. The first-order valence-electron chi connectivity index (χ1n) is 6.23. The van der Waals surface area contributed by atoms with Gasteiger partial charge < -0.3 is 15.8 Å². The number of para-hydroxylation sites is 1. The van der Waals surface area contributed by atoms with E-state index in [4.69, 9.17) is 10.5 Å². The van der Waals surface area contributed by atoms with E-state index in [9.17, 15) is 9.18 Å². The summed E-state index contributed by atoms with van der Waals surface area (Å²) in [6, 6.07) is 11.0. The van der Waals surface area contributed by atoms with Crippen LogP contribution in [0.1, 0.15) is 22.0 Å². The summed E-state index contributed by atoms with van der Waals surface area (Å²) in [5.74, 6) is -0.148. The third kappa shape index (κ3) is 2.18. The Morgan fingerprint density at radius 1 is 1.30 bits per heavy atom. The van der Waals surface area contributed by atoms with Crippen molar-refractivity contribution in [1.29, 1.82) is 0 Å². The number of halogens is 1. The van der Waals surface area contributed by atoms with Crippen molar-refractivity contribution in [3.8, 4) is 5.75 Å². The average Bonchev–Trinajstić information content (AvgIpc) is 2.85. The molecule has 5 heteroatoms. The number of nitrogens with one attached hydrogen (secondary N) is 1. The average molecular weight is 272 g/mol. The third-order valence-corrected chi connectivity index (χ3v) is 3.27. The highest BCUT2D eigenvalue weighted by Gasteiger charge is 2.26. The number of rotatable bonds is 2. The molecule has 0 spiro atoms. The smallest absolute Gasteiger partial charge is 0.254 e. The predicted molar refractivity (Wildman–Crippen MR) is 73.0 cm³/mol. The number of nitrogen functional groups attached to an aromatic ring is 1. The Balaban J connectivity index is 1.82. The highest BCUT2D eigenvalue weighted by Crippen LogP contribution is 2.32. The second kappa shape index (κ2) is 4.85. The van der Waals surface area contributed by atoms with Crippen molar-refractivity contribution in [2.24, 2.45) is 0 Å². The summed E-state index contributed by atoms with van der Waals surface area (Å²) in [5.41, 5.74) is 6.99. The van der Waals surface area contributed by atoms with E-state index in [2.05, 4.69) is 5.32 Å². The molecular weight excluding hydrogens is 259 g/mol. The van der Waals surface area contributed by atoms with Gasteiger partial charge in [0.25, 0.3) is 5.91 Å². The zero-order chi connectivity index (χ0) is 14.1. The fraction of sp³-hybridized carbons (Fsp3) is 0.133. The molecule has 3 N–H and O–H groups in total. The Bertz CT molecular complexity index is 673. The van der Waals surface area contributed by atoms with Gasteiger partial charge >= 0.3 is 0 Å². The van der Waals surface area contributed by atoms with Gasteiger partial charge in [-0.2, -0.15) is 0 Å². The number of carbonyl (C=O) groups excluding carboxylic acids is 1. The monoisotopic (exact) mass is 272 g/mol. The van der Waals surface area contributed by atoms with Gasteiger partial charge in [0.05, 0.1) is 11.6 Å². The molecule has 0 bridgehead atoms. The van der Waals surface area contributed by atoms with Crippen LogP contribution in [0.2, 0.25) is 0 Å². The lowest BCUT2D eigenvalue weighted by Crippen LogP contribution is -2.30. The number of hydrogen-bond acceptors (Lipinski definition) is 3. The Hall–Kier alpha value is -2.56. The van der Waals surface area contributed by atoms with E-state index in [1.54, 1.807) is 0 Å². The molecule has 2 aromatic rings. The summed E-state index contributed by atoms with van der Waals surface area (Å²) < 4.78 is 18.7. The Morgan fingerprint density at radius 3 is 2.95 bits per heavy atom. The first-order chi connectivity index (χ1) is 9.65. The first-order valence-corrected chi connectivity index (χ1v) is 6.23. The summed E-state index contributed by atoms with van der Waals surface area (Å²) in [4.78, 5) is 12.2. The number of anilines is 1. The van der Waals surface area contributed by atoms with Gasteiger partial charge in [-0.05, 0) is 24.3 Å². The molecule has 1 aliphatic heterocycles. The van der Waals surface area contributed by atoms with Crippen molar-refractivity contribution < 1.29 is 13.9 Å². The van der Waals surface area contributed by atoms with E-state index < -0.39 is 11.7 Å². The second-order valence-corrected chi connectivity index (χ2v) is 4.61. The summed E-state index contributed by atoms with van der Waals surface area (Å²) in [5, 5.41) is 2.81. The standard InChI is InChI=1S/C15H13FN2O2/c16-9-5-6-12(17)11(7-9)15(19)18-13-8-20-14-4-2-1-3-10(13)14/h1-7,13H,8,17H2,(H,18,19). The highest BCUT2D eigenvalue weighted by atomic mass is 19.1. The normalized spacial score (nSPS) is 16.4. The van der Waals surface area contributed by atoms with Crippen LogP contribution in [0.5, 0.6) is 5.75 Å². The highest BCUT2D eigenvalue weighted by molar-refractivity contribution is 5.99. The largest absolute Gasteiger partial charge is 0.491 e. The Labute approximate surface area is 115 Å². The second-order valence-electron chi connectivity index (χ2n) is 4.61. The van der Waals surface area contributed by atoms with Crippen LogP contribution >= 0.6 is 0 Å². The van der Waals surface area contributed by atoms with E-state index in [0.29, 0.717) is 6.61 Å². The summed E-state index contributed by atoms with van der Waals surface area (Å²) in [7, 11) is 0. The third-order valence-electron chi connectivity index (χ3n) is 3.27. The van der Waals surface area contributed by atoms with E-state index in [-0.39, 0.29) is 17.3 Å². The number of nitrogens with two attached hydrogens (primary N) is 1. The van der Waals surface area contributed by atoms with Crippen molar-refractivity contribution in [2.75, 3.05) is 12.3 Å². The van der Waals surface area contributed by atoms with Gasteiger partial charge in [0.1, 0.15) is 18.2 Å². The number of benzene rings is 2. The van der Waals surface area contributed by atoms with Crippen LogP contribution in [0.25, 0.3) is 0 Å². The fourth-order valence-electron chi connectivity index (χ4n) is 2.24. The SMILES string of the molecule is Nc1ccc(F)cc1C(=O)NC1COc2ccccc21. The lowest BCUT2D eigenvalue weighted by Gasteiger charge is -2.13. The molecular formula is C15H13FN2O2. The predicted octanol–water partition coefficient (Wildman–Crippen LogP) is 2.27. The number of fused-ring (bicyclic) bond motifs is 1. The van der Waals surface area contributed by atoms with Crippen LogP contribution in [0, 0.1) is 5.82 Å². The van der Waals surface area contributed by atoms with Crippen LogP contribution < -0.4 is 15.8 Å². The van der Waals surface area contributed by atoms with Crippen molar-refractivity contribution >= 4 is 11.6 Å². The van der Waals surface area contributed by atoms with Crippen LogP contribution in [0.4, 0.5) is 10.1 Å². The molecule has 4 nitrogen and oxygen atoms in total. The van der Waals surface area contributed by atoms with E-state index in [1.165, 1.54) is 12.1 Å².